The second kappa shape index (κ2) is 8.32. The zero-order valence-electron chi connectivity index (χ0n) is 15.3. The first kappa shape index (κ1) is 17.7. The van der Waals surface area contributed by atoms with E-state index in [9.17, 15) is 0 Å². The summed E-state index contributed by atoms with van der Waals surface area (Å²) >= 11 is 0. The summed E-state index contributed by atoms with van der Waals surface area (Å²) in [5, 5.41) is 3.48. The van der Waals surface area contributed by atoms with Gasteiger partial charge in [0, 0.05) is 37.5 Å². The van der Waals surface area contributed by atoms with Crippen LogP contribution in [0.4, 0.5) is 0 Å². The van der Waals surface area contributed by atoms with Crippen molar-refractivity contribution in [2.24, 2.45) is 0 Å². The van der Waals surface area contributed by atoms with Crippen LogP contribution in [0.5, 0.6) is 11.5 Å². The molecule has 0 spiro atoms. The number of aryl methyl sites for hydroxylation is 1. The minimum Gasteiger partial charge on any atom is -0.497 e. The Labute approximate surface area is 150 Å². The van der Waals surface area contributed by atoms with Gasteiger partial charge in [0.2, 0.25) is 0 Å². The number of pyridine rings is 1. The summed E-state index contributed by atoms with van der Waals surface area (Å²) in [5.41, 5.74) is 3.35. The highest BCUT2D eigenvalue weighted by molar-refractivity contribution is 5.45. The predicted octanol–water partition coefficient (Wildman–Crippen LogP) is 2.79. The van der Waals surface area contributed by atoms with Gasteiger partial charge in [-0.3, -0.25) is 9.88 Å². The zero-order valence-corrected chi connectivity index (χ0v) is 15.3. The minimum atomic E-state index is 0.0707. The summed E-state index contributed by atoms with van der Waals surface area (Å²) in [7, 11) is 3.38. The highest BCUT2D eigenvalue weighted by atomic mass is 16.5. The van der Waals surface area contributed by atoms with Crippen LogP contribution < -0.4 is 14.8 Å². The van der Waals surface area contributed by atoms with Crippen molar-refractivity contribution >= 4 is 0 Å². The van der Waals surface area contributed by atoms with Gasteiger partial charge in [-0.2, -0.15) is 0 Å². The van der Waals surface area contributed by atoms with Gasteiger partial charge in [-0.05, 0) is 43.7 Å². The van der Waals surface area contributed by atoms with Gasteiger partial charge in [0.25, 0.3) is 0 Å². The van der Waals surface area contributed by atoms with Crippen molar-refractivity contribution in [3.05, 3.63) is 53.3 Å². The third-order valence-electron chi connectivity index (χ3n) is 4.69. The van der Waals surface area contributed by atoms with Crippen molar-refractivity contribution in [2.75, 3.05) is 40.4 Å². The van der Waals surface area contributed by atoms with Crippen LogP contribution in [0.2, 0.25) is 0 Å². The molecule has 1 fully saturated rings. The molecule has 1 aromatic heterocycles. The topological polar surface area (TPSA) is 46.6 Å². The van der Waals surface area contributed by atoms with Crippen LogP contribution >= 0.6 is 0 Å². The number of aromatic nitrogens is 1. The maximum Gasteiger partial charge on any atom is 0.127 e. The summed E-state index contributed by atoms with van der Waals surface area (Å²) in [6.45, 7) is 6.12. The number of benzene rings is 1. The molecule has 0 aliphatic carbocycles. The molecule has 5 nitrogen and oxygen atoms in total. The maximum atomic E-state index is 5.69. The van der Waals surface area contributed by atoms with Crippen molar-refractivity contribution in [1.29, 1.82) is 0 Å². The van der Waals surface area contributed by atoms with Gasteiger partial charge in [-0.25, -0.2) is 0 Å². The van der Waals surface area contributed by atoms with Crippen molar-refractivity contribution in [3.8, 4) is 11.5 Å². The molecule has 1 aliphatic rings. The lowest BCUT2D eigenvalue weighted by molar-refractivity contribution is 0.232. The second-order valence-corrected chi connectivity index (χ2v) is 6.41. The van der Waals surface area contributed by atoms with Gasteiger partial charge in [0.1, 0.15) is 11.5 Å². The molecule has 1 unspecified atom stereocenters. The van der Waals surface area contributed by atoms with E-state index in [1.54, 1.807) is 14.2 Å². The Balaban J connectivity index is 2.05. The van der Waals surface area contributed by atoms with Crippen LogP contribution in [0.3, 0.4) is 0 Å². The summed E-state index contributed by atoms with van der Waals surface area (Å²) in [6, 6.07) is 10.4. The van der Waals surface area contributed by atoms with Crippen molar-refractivity contribution in [1.82, 2.24) is 15.2 Å². The highest BCUT2D eigenvalue weighted by Crippen LogP contribution is 2.36. The second-order valence-electron chi connectivity index (χ2n) is 6.41. The molecule has 1 atom stereocenters. The number of rotatable bonds is 5. The van der Waals surface area contributed by atoms with E-state index in [-0.39, 0.29) is 6.04 Å². The van der Waals surface area contributed by atoms with Gasteiger partial charge in [-0.1, -0.05) is 6.07 Å². The molecule has 3 rings (SSSR count). The van der Waals surface area contributed by atoms with E-state index >= 15 is 0 Å². The minimum absolute atomic E-state index is 0.0707. The smallest absolute Gasteiger partial charge is 0.127 e. The van der Waals surface area contributed by atoms with E-state index in [0.29, 0.717) is 0 Å². The van der Waals surface area contributed by atoms with Crippen molar-refractivity contribution in [3.63, 3.8) is 0 Å². The molecule has 0 bridgehead atoms. The lowest BCUT2D eigenvalue weighted by atomic mass is 9.99. The maximum absolute atomic E-state index is 5.69. The Morgan fingerprint density at radius 2 is 1.96 bits per heavy atom. The molecule has 1 N–H and O–H groups in total. The average molecular weight is 341 g/mol. The third kappa shape index (κ3) is 4.11. The molecule has 134 valence electrons. The van der Waals surface area contributed by atoms with Crippen LogP contribution in [0, 0.1) is 6.92 Å². The van der Waals surface area contributed by atoms with Gasteiger partial charge in [0.05, 0.1) is 26.0 Å². The normalized spacial score (nSPS) is 16.9. The van der Waals surface area contributed by atoms with E-state index in [4.69, 9.17) is 14.5 Å². The van der Waals surface area contributed by atoms with Crippen LogP contribution in [-0.2, 0) is 0 Å². The van der Waals surface area contributed by atoms with Crippen LogP contribution in [0.1, 0.15) is 29.3 Å². The van der Waals surface area contributed by atoms with Crippen LogP contribution in [-0.4, -0.2) is 50.3 Å². The molecule has 0 saturated carbocycles. The first-order valence-electron chi connectivity index (χ1n) is 8.82. The Kier molecular flexibility index (Phi) is 5.89. The first-order valence-corrected chi connectivity index (χ1v) is 8.82. The summed E-state index contributed by atoms with van der Waals surface area (Å²) in [4.78, 5) is 7.22. The number of methoxy groups -OCH3 is 2. The Morgan fingerprint density at radius 1 is 1.08 bits per heavy atom. The fourth-order valence-electron chi connectivity index (χ4n) is 3.35. The zero-order chi connectivity index (χ0) is 17.6. The lowest BCUT2D eigenvalue weighted by Crippen LogP contribution is -2.33. The molecule has 5 heteroatoms. The molecule has 0 amide bonds. The quantitative estimate of drug-likeness (QED) is 0.906. The molecule has 2 heterocycles. The van der Waals surface area contributed by atoms with Gasteiger partial charge in [0.15, 0.2) is 0 Å². The Morgan fingerprint density at radius 3 is 2.68 bits per heavy atom. The van der Waals surface area contributed by atoms with E-state index in [1.165, 1.54) is 5.56 Å². The van der Waals surface area contributed by atoms with Crippen LogP contribution in [0.25, 0.3) is 0 Å². The van der Waals surface area contributed by atoms with E-state index in [0.717, 1.165) is 55.4 Å². The van der Waals surface area contributed by atoms with Crippen molar-refractivity contribution in [2.45, 2.75) is 19.4 Å². The Hall–Kier alpha value is -2.11. The number of hydrogen-bond acceptors (Lipinski definition) is 5. The van der Waals surface area contributed by atoms with Gasteiger partial charge < -0.3 is 14.8 Å². The monoisotopic (exact) mass is 341 g/mol. The molecule has 0 radical (unpaired) electrons. The van der Waals surface area contributed by atoms with Gasteiger partial charge in [-0.15, -0.1) is 0 Å². The number of hydrogen-bond donors (Lipinski definition) is 1. The fourth-order valence-corrected chi connectivity index (χ4v) is 3.35. The average Bonchev–Trinajstić information content (AvgIpc) is 2.93. The number of ether oxygens (including phenoxy) is 2. The predicted molar refractivity (Wildman–Crippen MR) is 99.4 cm³/mol. The molecule has 25 heavy (non-hydrogen) atoms. The van der Waals surface area contributed by atoms with Crippen molar-refractivity contribution < 1.29 is 9.47 Å². The summed E-state index contributed by atoms with van der Waals surface area (Å²) in [5.74, 6) is 1.64. The molecular formula is C20H27N3O2. The van der Waals surface area contributed by atoms with E-state index < -0.39 is 0 Å². The molecule has 1 saturated heterocycles. The van der Waals surface area contributed by atoms with E-state index in [1.807, 2.05) is 18.3 Å². The standard InChI is InChI=1S/C20H27N3O2/c1-15-5-8-18(22-14-15)20(23-11-4-9-21-10-12-23)17-7-6-16(24-2)13-19(17)25-3/h5-8,13-14,20-21H,4,9-12H2,1-3H3. The first-order chi connectivity index (χ1) is 12.2. The Bertz CT molecular complexity index is 680. The highest BCUT2D eigenvalue weighted by Gasteiger charge is 2.27. The molecule has 1 aliphatic heterocycles. The fraction of sp³-hybridized carbons (Fsp3) is 0.450. The lowest BCUT2D eigenvalue weighted by Gasteiger charge is -2.31. The third-order valence-corrected chi connectivity index (χ3v) is 4.69. The van der Waals surface area contributed by atoms with Crippen LogP contribution in [0.15, 0.2) is 36.5 Å². The number of nitrogens with one attached hydrogen (secondary N) is 1. The largest absolute Gasteiger partial charge is 0.497 e. The summed E-state index contributed by atoms with van der Waals surface area (Å²) in [6.07, 6.45) is 3.06. The summed E-state index contributed by atoms with van der Waals surface area (Å²) < 4.78 is 11.0. The van der Waals surface area contributed by atoms with E-state index in [2.05, 4.69) is 35.3 Å². The molecule has 2 aromatic rings. The van der Waals surface area contributed by atoms with Gasteiger partial charge >= 0.3 is 0 Å². The SMILES string of the molecule is COc1ccc(C(c2ccc(C)cn2)N2CCCNCC2)c(OC)c1. The molecule has 1 aromatic carbocycles. The molecular weight excluding hydrogens is 314 g/mol. The number of nitrogens with zero attached hydrogens (tertiary/aromatic N) is 2.